The van der Waals surface area contributed by atoms with Gasteiger partial charge in [-0.1, -0.05) is 0 Å². The number of methoxy groups -OCH3 is 2. The molecule has 7 nitrogen and oxygen atoms in total. The smallest absolute Gasteiger partial charge is 0.268 e. The highest BCUT2D eigenvalue weighted by Gasteiger charge is 2.16. The number of fused-ring (bicyclic) bond motifs is 1. The second-order valence-electron chi connectivity index (χ2n) is 5.75. The molecule has 1 amide bonds. The van der Waals surface area contributed by atoms with Crippen LogP contribution in [0.1, 0.15) is 11.4 Å². The van der Waals surface area contributed by atoms with Crippen LogP contribution in [0, 0.1) is 0 Å². The SMILES string of the molecule is COc1ccc(OC)c(CC(=O)N(C)Cc2nc3ccsc3c(=O)[nH]2)c1. The van der Waals surface area contributed by atoms with Crippen LogP contribution in [0.4, 0.5) is 0 Å². The Morgan fingerprint density at radius 3 is 2.81 bits per heavy atom. The number of ether oxygens (including phenoxy) is 2. The fourth-order valence-electron chi connectivity index (χ4n) is 2.63. The number of aromatic amines is 1. The maximum atomic E-state index is 12.6. The number of aromatic nitrogens is 2. The van der Waals surface area contributed by atoms with E-state index in [9.17, 15) is 9.59 Å². The number of benzene rings is 1. The van der Waals surface area contributed by atoms with E-state index in [2.05, 4.69) is 9.97 Å². The van der Waals surface area contributed by atoms with Crippen molar-refractivity contribution >= 4 is 27.5 Å². The molecule has 0 aliphatic carbocycles. The number of nitrogens with zero attached hydrogens (tertiary/aromatic N) is 2. The van der Waals surface area contributed by atoms with E-state index in [4.69, 9.17) is 9.47 Å². The molecule has 0 saturated heterocycles. The molecule has 2 aromatic heterocycles. The second kappa shape index (κ2) is 7.57. The molecule has 3 aromatic rings. The first-order valence-corrected chi connectivity index (χ1v) is 8.81. The van der Waals surface area contributed by atoms with Crippen molar-refractivity contribution < 1.29 is 14.3 Å². The Labute approximate surface area is 154 Å². The fraction of sp³-hybridized carbons (Fsp3) is 0.278. The first kappa shape index (κ1) is 17.9. The number of nitrogens with one attached hydrogen (secondary N) is 1. The van der Waals surface area contributed by atoms with E-state index in [0.29, 0.717) is 27.5 Å². The summed E-state index contributed by atoms with van der Waals surface area (Å²) in [7, 11) is 4.80. The first-order chi connectivity index (χ1) is 12.5. The molecule has 3 rings (SSSR count). The Bertz CT molecular complexity index is 996. The molecule has 0 atom stereocenters. The minimum Gasteiger partial charge on any atom is -0.497 e. The standard InChI is InChI=1S/C18H19N3O4S/c1-21(10-15-19-13-6-7-26-17(13)18(23)20-15)16(22)9-11-8-12(24-2)4-5-14(11)25-3/h4-8H,9-10H2,1-3H3,(H,19,20,23). The summed E-state index contributed by atoms with van der Waals surface area (Å²) in [4.78, 5) is 33.3. The molecule has 1 N–H and O–H groups in total. The lowest BCUT2D eigenvalue weighted by Crippen LogP contribution is -2.29. The van der Waals surface area contributed by atoms with Crippen molar-refractivity contribution in [3.63, 3.8) is 0 Å². The van der Waals surface area contributed by atoms with E-state index in [1.807, 2.05) is 5.38 Å². The molecular weight excluding hydrogens is 354 g/mol. The van der Waals surface area contributed by atoms with Gasteiger partial charge in [0.1, 0.15) is 22.0 Å². The van der Waals surface area contributed by atoms with Gasteiger partial charge in [-0.15, -0.1) is 11.3 Å². The van der Waals surface area contributed by atoms with Crippen LogP contribution in [0.25, 0.3) is 10.2 Å². The topological polar surface area (TPSA) is 84.5 Å². The van der Waals surface area contributed by atoms with Crippen LogP contribution in [0.5, 0.6) is 11.5 Å². The lowest BCUT2D eigenvalue weighted by Gasteiger charge is -2.18. The van der Waals surface area contributed by atoms with Crippen molar-refractivity contribution in [1.82, 2.24) is 14.9 Å². The number of H-pyrrole nitrogens is 1. The van der Waals surface area contributed by atoms with Crippen LogP contribution >= 0.6 is 11.3 Å². The minimum atomic E-state index is -0.185. The molecule has 0 saturated carbocycles. The molecule has 2 heterocycles. The Balaban J connectivity index is 1.76. The quantitative estimate of drug-likeness (QED) is 0.716. The van der Waals surface area contributed by atoms with Gasteiger partial charge >= 0.3 is 0 Å². The normalized spacial score (nSPS) is 10.7. The summed E-state index contributed by atoms with van der Waals surface area (Å²) < 4.78 is 11.1. The molecule has 26 heavy (non-hydrogen) atoms. The monoisotopic (exact) mass is 373 g/mol. The Morgan fingerprint density at radius 1 is 1.27 bits per heavy atom. The molecular formula is C18H19N3O4S. The summed E-state index contributed by atoms with van der Waals surface area (Å²) in [6, 6.07) is 7.12. The highest BCUT2D eigenvalue weighted by Crippen LogP contribution is 2.25. The van der Waals surface area contributed by atoms with Gasteiger partial charge in [0.2, 0.25) is 5.91 Å². The Morgan fingerprint density at radius 2 is 2.08 bits per heavy atom. The number of carbonyl (C=O) groups excluding carboxylic acids is 1. The summed E-state index contributed by atoms with van der Waals surface area (Å²) in [6.07, 6.45) is 0.155. The summed E-state index contributed by atoms with van der Waals surface area (Å²) in [5.41, 5.74) is 1.19. The molecule has 8 heteroatoms. The van der Waals surface area contributed by atoms with Crippen molar-refractivity contribution in [2.45, 2.75) is 13.0 Å². The summed E-state index contributed by atoms with van der Waals surface area (Å²) in [5, 5.41) is 1.82. The van der Waals surface area contributed by atoms with Gasteiger partial charge in [0.05, 0.1) is 32.7 Å². The zero-order valence-corrected chi connectivity index (χ0v) is 15.6. The van der Waals surface area contributed by atoms with Gasteiger partial charge in [0.25, 0.3) is 5.56 Å². The molecule has 0 radical (unpaired) electrons. The van der Waals surface area contributed by atoms with Gasteiger partial charge in [-0.25, -0.2) is 4.98 Å². The Hall–Kier alpha value is -2.87. The molecule has 0 unspecified atom stereocenters. The molecule has 0 bridgehead atoms. The van der Waals surface area contributed by atoms with Crippen LogP contribution in [0.15, 0.2) is 34.4 Å². The largest absolute Gasteiger partial charge is 0.497 e. The summed E-state index contributed by atoms with van der Waals surface area (Å²) in [6.45, 7) is 0.214. The van der Waals surface area contributed by atoms with Crippen LogP contribution in [-0.2, 0) is 17.8 Å². The van der Waals surface area contributed by atoms with Gasteiger partial charge < -0.3 is 19.4 Å². The summed E-state index contributed by atoms with van der Waals surface area (Å²) in [5.74, 6) is 1.61. The highest BCUT2D eigenvalue weighted by molar-refractivity contribution is 7.17. The lowest BCUT2D eigenvalue weighted by atomic mass is 10.1. The zero-order valence-electron chi connectivity index (χ0n) is 14.7. The van der Waals surface area contributed by atoms with Gasteiger partial charge in [-0.05, 0) is 29.6 Å². The number of hydrogen-bond donors (Lipinski definition) is 1. The van der Waals surface area contributed by atoms with Crippen molar-refractivity contribution in [2.75, 3.05) is 21.3 Å². The number of likely N-dealkylation sites (N-methyl/N-ethyl adjacent to an activating group) is 1. The molecule has 0 aliphatic heterocycles. The van der Waals surface area contributed by atoms with Gasteiger partial charge in [-0.3, -0.25) is 9.59 Å². The fourth-order valence-corrected chi connectivity index (χ4v) is 3.35. The highest BCUT2D eigenvalue weighted by atomic mass is 32.1. The van der Waals surface area contributed by atoms with Crippen LogP contribution < -0.4 is 15.0 Å². The van der Waals surface area contributed by atoms with E-state index in [1.165, 1.54) is 16.2 Å². The van der Waals surface area contributed by atoms with Crippen LogP contribution in [0.3, 0.4) is 0 Å². The van der Waals surface area contributed by atoms with Gasteiger partial charge in [0.15, 0.2) is 0 Å². The average Bonchev–Trinajstić information content (AvgIpc) is 3.10. The number of hydrogen-bond acceptors (Lipinski definition) is 6. The third kappa shape index (κ3) is 3.70. The minimum absolute atomic E-state index is 0.121. The van der Waals surface area contributed by atoms with E-state index < -0.39 is 0 Å². The number of carbonyl (C=O) groups is 1. The predicted octanol–water partition coefficient (Wildman–Crippen LogP) is 2.20. The Kier molecular flexibility index (Phi) is 5.22. The second-order valence-corrected chi connectivity index (χ2v) is 6.67. The lowest BCUT2D eigenvalue weighted by molar-refractivity contribution is -0.129. The molecule has 136 valence electrons. The molecule has 0 aliphatic rings. The number of amides is 1. The van der Waals surface area contributed by atoms with E-state index >= 15 is 0 Å². The van der Waals surface area contributed by atoms with E-state index in [0.717, 1.165) is 5.56 Å². The number of rotatable bonds is 6. The molecule has 1 aromatic carbocycles. The van der Waals surface area contributed by atoms with Crippen molar-refractivity contribution in [3.05, 3.63) is 51.4 Å². The number of thiophene rings is 1. The summed E-state index contributed by atoms with van der Waals surface area (Å²) >= 11 is 1.34. The third-order valence-corrected chi connectivity index (χ3v) is 4.91. The van der Waals surface area contributed by atoms with Gasteiger partial charge in [0, 0.05) is 12.6 Å². The van der Waals surface area contributed by atoms with E-state index in [1.54, 1.807) is 45.5 Å². The van der Waals surface area contributed by atoms with Crippen LogP contribution in [0.2, 0.25) is 0 Å². The first-order valence-electron chi connectivity index (χ1n) is 7.93. The maximum absolute atomic E-state index is 12.6. The van der Waals surface area contributed by atoms with Crippen molar-refractivity contribution in [2.24, 2.45) is 0 Å². The molecule has 0 spiro atoms. The van der Waals surface area contributed by atoms with Gasteiger partial charge in [-0.2, -0.15) is 0 Å². The third-order valence-electron chi connectivity index (χ3n) is 4.01. The van der Waals surface area contributed by atoms with Crippen LogP contribution in [-0.4, -0.2) is 42.0 Å². The maximum Gasteiger partial charge on any atom is 0.268 e. The average molecular weight is 373 g/mol. The van der Waals surface area contributed by atoms with Crippen molar-refractivity contribution in [3.8, 4) is 11.5 Å². The predicted molar refractivity (Wildman–Crippen MR) is 100.0 cm³/mol. The van der Waals surface area contributed by atoms with Crippen molar-refractivity contribution in [1.29, 1.82) is 0 Å². The van der Waals surface area contributed by atoms with E-state index in [-0.39, 0.29) is 24.4 Å². The zero-order chi connectivity index (χ0) is 18.7. The molecule has 0 fully saturated rings.